The Balaban J connectivity index is 2.42. The molecule has 0 amide bonds. The Labute approximate surface area is 109 Å². The maximum atomic E-state index is 12.8. The largest absolute Gasteiger partial charge is 0.481 e. The Bertz CT molecular complexity index is 532. The Hall–Kier alpha value is -1.52. The third kappa shape index (κ3) is 2.22. The number of aliphatic carboxylic acids is 1. The highest BCUT2D eigenvalue weighted by Crippen LogP contribution is 2.64. The highest BCUT2D eigenvalue weighted by atomic mass is 19.4. The predicted molar refractivity (Wildman–Crippen MR) is 63.8 cm³/mol. The topological polar surface area (TPSA) is 37.3 Å². The van der Waals surface area contributed by atoms with Crippen LogP contribution in [0.15, 0.2) is 18.2 Å². The summed E-state index contributed by atoms with van der Waals surface area (Å²) in [5, 5.41) is 9.08. The van der Waals surface area contributed by atoms with Gasteiger partial charge < -0.3 is 5.11 Å². The number of hydrogen-bond acceptors (Lipinski definition) is 1. The standard InChI is InChI=1S/C14H15F3O2/c1-7-4-5-8(6-9(7)14(15,16)17)10-11(12(18)19)13(10,2)3/h4-6,10-11H,1-3H3,(H,18,19). The van der Waals surface area contributed by atoms with E-state index in [1.165, 1.54) is 13.0 Å². The van der Waals surface area contributed by atoms with Crippen LogP contribution in [0.1, 0.15) is 36.5 Å². The zero-order valence-electron chi connectivity index (χ0n) is 10.9. The molecule has 1 aromatic carbocycles. The van der Waals surface area contributed by atoms with Gasteiger partial charge in [0, 0.05) is 5.92 Å². The van der Waals surface area contributed by atoms with Crippen molar-refractivity contribution in [1.82, 2.24) is 0 Å². The predicted octanol–water partition coefficient (Wildman–Crippen LogP) is 3.84. The van der Waals surface area contributed by atoms with E-state index in [1.54, 1.807) is 19.9 Å². The van der Waals surface area contributed by atoms with Crippen molar-refractivity contribution < 1.29 is 23.1 Å². The van der Waals surface area contributed by atoms with E-state index in [4.69, 9.17) is 5.11 Å². The summed E-state index contributed by atoms with van der Waals surface area (Å²) in [6.07, 6.45) is -4.40. The molecule has 0 aromatic heterocycles. The summed E-state index contributed by atoms with van der Waals surface area (Å²) >= 11 is 0. The van der Waals surface area contributed by atoms with Crippen LogP contribution >= 0.6 is 0 Å². The molecule has 1 aromatic rings. The summed E-state index contributed by atoms with van der Waals surface area (Å²) in [6.45, 7) is 4.94. The molecular formula is C14H15F3O2. The molecular weight excluding hydrogens is 257 g/mol. The molecule has 2 atom stereocenters. The SMILES string of the molecule is Cc1ccc(C2C(C(=O)O)C2(C)C)cc1C(F)(F)F. The Kier molecular flexibility index (Phi) is 2.92. The lowest BCUT2D eigenvalue weighted by Gasteiger charge is -2.12. The van der Waals surface area contributed by atoms with Crippen molar-refractivity contribution in [3.05, 3.63) is 34.9 Å². The van der Waals surface area contributed by atoms with Gasteiger partial charge in [-0.25, -0.2) is 0 Å². The van der Waals surface area contributed by atoms with E-state index >= 15 is 0 Å². The van der Waals surface area contributed by atoms with Crippen LogP contribution in [0, 0.1) is 18.3 Å². The molecule has 0 saturated heterocycles. The minimum absolute atomic E-state index is 0.154. The molecule has 1 N–H and O–H groups in total. The lowest BCUT2D eigenvalue weighted by atomic mass is 9.98. The van der Waals surface area contributed by atoms with E-state index in [-0.39, 0.29) is 11.5 Å². The van der Waals surface area contributed by atoms with Gasteiger partial charge in [-0.1, -0.05) is 26.0 Å². The number of benzene rings is 1. The molecule has 0 heterocycles. The second-order valence-corrected chi connectivity index (χ2v) is 5.69. The van der Waals surface area contributed by atoms with E-state index in [9.17, 15) is 18.0 Å². The van der Waals surface area contributed by atoms with E-state index in [1.807, 2.05) is 0 Å². The maximum Gasteiger partial charge on any atom is 0.416 e. The highest BCUT2D eigenvalue weighted by Gasteiger charge is 2.62. The summed E-state index contributed by atoms with van der Waals surface area (Å²) in [7, 11) is 0. The van der Waals surface area contributed by atoms with Crippen LogP contribution in [0.4, 0.5) is 13.2 Å². The second kappa shape index (κ2) is 3.99. The normalized spacial score (nSPS) is 25.2. The number of carboxylic acid groups (broad SMARTS) is 1. The Morgan fingerprint density at radius 1 is 1.32 bits per heavy atom. The number of hydrogen-bond donors (Lipinski definition) is 1. The van der Waals surface area contributed by atoms with E-state index < -0.39 is 29.0 Å². The van der Waals surface area contributed by atoms with Crippen molar-refractivity contribution in [2.24, 2.45) is 11.3 Å². The number of rotatable bonds is 2. The van der Waals surface area contributed by atoms with Gasteiger partial charge in [0.15, 0.2) is 0 Å². The minimum atomic E-state index is -4.40. The first-order valence-corrected chi connectivity index (χ1v) is 5.97. The summed E-state index contributed by atoms with van der Waals surface area (Å²) in [5.74, 6) is -1.92. The molecule has 2 unspecified atom stereocenters. The molecule has 0 radical (unpaired) electrons. The van der Waals surface area contributed by atoms with E-state index in [2.05, 4.69) is 0 Å². The zero-order chi connectivity index (χ0) is 14.6. The molecule has 19 heavy (non-hydrogen) atoms. The van der Waals surface area contributed by atoms with Crippen molar-refractivity contribution in [3.63, 3.8) is 0 Å². The third-order valence-electron chi connectivity index (χ3n) is 4.02. The van der Waals surface area contributed by atoms with Gasteiger partial charge in [-0.3, -0.25) is 4.79 Å². The van der Waals surface area contributed by atoms with Crippen LogP contribution in [-0.4, -0.2) is 11.1 Å². The maximum absolute atomic E-state index is 12.8. The summed E-state index contributed by atoms with van der Waals surface area (Å²) < 4.78 is 38.5. The summed E-state index contributed by atoms with van der Waals surface area (Å²) in [4.78, 5) is 11.1. The molecule has 0 spiro atoms. The lowest BCUT2D eigenvalue weighted by Crippen LogP contribution is -2.08. The fourth-order valence-electron chi connectivity index (χ4n) is 2.86. The van der Waals surface area contributed by atoms with Crippen LogP contribution in [0.2, 0.25) is 0 Å². The van der Waals surface area contributed by atoms with Gasteiger partial charge in [0.1, 0.15) is 0 Å². The molecule has 0 aliphatic heterocycles. The van der Waals surface area contributed by atoms with Crippen LogP contribution in [0.3, 0.4) is 0 Å². The van der Waals surface area contributed by atoms with Crippen molar-refractivity contribution in [3.8, 4) is 0 Å². The van der Waals surface area contributed by atoms with Gasteiger partial charge in [0.05, 0.1) is 11.5 Å². The number of carbonyl (C=O) groups is 1. The first-order valence-electron chi connectivity index (χ1n) is 5.97. The van der Waals surface area contributed by atoms with Crippen molar-refractivity contribution >= 4 is 5.97 Å². The molecule has 2 nitrogen and oxygen atoms in total. The number of aryl methyl sites for hydroxylation is 1. The summed E-state index contributed by atoms with van der Waals surface area (Å²) in [6, 6.07) is 4.09. The Morgan fingerprint density at radius 3 is 2.32 bits per heavy atom. The molecule has 1 aliphatic carbocycles. The fourth-order valence-corrected chi connectivity index (χ4v) is 2.86. The average molecular weight is 272 g/mol. The van der Waals surface area contributed by atoms with Gasteiger partial charge in [0.2, 0.25) is 0 Å². The fraction of sp³-hybridized carbons (Fsp3) is 0.500. The van der Waals surface area contributed by atoms with Gasteiger partial charge in [-0.2, -0.15) is 13.2 Å². The van der Waals surface area contributed by atoms with E-state index in [0.717, 1.165) is 6.07 Å². The van der Waals surface area contributed by atoms with Crippen molar-refractivity contribution in [1.29, 1.82) is 0 Å². The van der Waals surface area contributed by atoms with E-state index in [0.29, 0.717) is 5.56 Å². The van der Waals surface area contributed by atoms with Gasteiger partial charge in [-0.05, 0) is 29.5 Å². The first-order chi connectivity index (χ1) is 8.56. The highest BCUT2D eigenvalue weighted by molar-refractivity contribution is 5.77. The van der Waals surface area contributed by atoms with Crippen LogP contribution in [-0.2, 0) is 11.0 Å². The molecule has 1 saturated carbocycles. The molecule has 5 heteroatoms. The summed E-state index contributed by atoms with van der Waals surface area (Å²) in [5.41, 5.74) is -0.571. The van der Waals surface area contributed by atoms with Gasteiger partial charge >= 0.3 is 12.1 Å². The first kappa shape index (κ1) is 13.9. The Morgan fingerprint density at radius 2 is 1.89 bits per heavy atom. The monoisotopic (exact) mass is 272 g/mol. The number of alkyl halides is 3. The molecule has 0 bridgehead atoms. The van der Waals surface area contributed by atoms with Crippen LogP contribution < -0.4 is 0 Å². The lowest BCUT2D eigenvalue weighted by molar-refractivity contribution is -0.139. The van der Waals surface area contributed by atoms with Crippen molar-refractivity contribution in [2.45, 2.75) is 32.9 Å². The number of carboxylic acids is 1. The molecule has 2 rings (SSSR count). The van der Waals surface area contributed by atoms with Crippen LogP contribution in [0.25, 0.3) is 0 Å². The third-order valence-corrected chi connectivity index (χ3v) is 4.02. The minimum Gasteiger partial charge on any atom is -0.481 e. The second-order valence-electron chi connectivity index (χ2n) is 5.69. The van der Waals surface area contributed by atoms with Crippen molar-refractivity contribution in [2.75, 3.05) is 0 Å². The van der Waals surface area contributed by atoms with Crippen LogP contribution in [0.5, 0.6) is 0 Å². The smallest absolute Gasteiger partial charge is 0.416 e. The average Bonchev–Trinajstić information content (AvgIpc) is 2.80. The zero-order valence-corrected chi connectivity index (χ0v) is 10.9. The van der Waals surface area contributed by atoms with Gasteiger partial charge in [-0.15, -0.1) is 0 Å². The number of halogens is 3. The quantitative estimate of drug-likeness (QED) is 0.888. The molecule has 1 aliphatic rings. The molecule has 104 valence electrons. The molecule has 1 fully saturated rings. The van der Waals surface area contributed by atoms with Gasteiger partial charge in [0.25, 0.3) is 0 Å².